The predicted molar refractivity (Wildman–Crippen MR) is 75.6 cm³/mol. The molecule has 0 saturated heterocycles. The average molecular weight is 336 g/mol. The smallest absolute Gasteiger partial charge is 1.00 e. The molecule has 0 saturated carbocycles. The SMILES string of the molecule is Cc1ccc(S(=O)(=O)Oc2ccc(S(=O)O)cc2)cc1.[H-].[Na+]. The van der Waals surface area contributed by atoms with Crippen LogP contribution >= 0.6 is 0 Å². The molecule has 5 nitrogen and oxygen atoms in total. The van der Waals surface area contributed by atoms with Crippen molar-refractivity contribution in [2.24, 2.45) is 0 Å². The second-order valence-corrected chi connectivity index (χ2v) is 6.59. The van der Waals surface area contributed by atoms with E-state index in [1.165, 1.54) is 36.4 Å². The van der Waals surface area contributed by atoms with Crippen molar-refractivity contribution in [3.8, 4) is 5.75 Å². The summed E-state index contributed by atoms with van der Waals surface area (Å²) in [4.78, 5) is 0.225. The summed E-state index contributed by atoms with van der Waals surface area (Å²) < 4.78 is 48.6. The van der Waals surface area contributed by atoms with Crippen molar-refractivity contribution in [3.05, 3.63) is 54.1 Å². The van der Waals surface area contributed by atoms with E-state index in [-0.39, 0.29) is 46.5 Å². The van der Waals surface area contributed by atoms with Crippen LogP contribution in [0.2, 0.25) is 0 Å². The minimum Gasteiger partial charge on any atom is -1.00 e. The van der Waals surface area contributed by atoms with Crippen LogP contribution in [0.4, 0.5) is 0 Å². The van der Waals surface area contributed by atoms with Gasteiger partial charge in [0.1, 0.15) is 10.6 Å². The van der Waals surface area contributed by atoms with Gasteiger partial charge >= 0.3 is 39.7 Å². The van der Waals surface area contributed by atoms with Gasteiger partial charge < -0.3 is 10.2 Å². The molecule has 2 aromatic carbocycles. The first-order valence-corrected chi connectivity index (χ1v) is 8.12. The fourth-order valence-electron chi connectivity index (χ4n) is 1.49. The molecule has 0 aliphatic rings. The molecule has 0 aliphatic carbocycles. The molecule has 0 spiro atoms. The zero-order valence-corrected chi connectivity index (χ0v) is 15.1. The Hall–Kier alpha value is -0.700. The summed E-state index contributed by atoms with van der Waals surface area (Å²) in [6.07, 6.45) is 0. The van der Waals surface area contributed by atoms with E-state index in [1.54, 1.807) is 12.1 Å². The molecule has 2 aromatic rings. The minimum atomic E-state index is -3.90. The Bertz CT molecular complexity index is 730. The second-order valence-electron chi connectivity index (χ2n) is 4.07. The molecule has 1 N–H and O–H groups in total. The monoisotopic (exact) mass is 336 g/mol. The quantitative estimate of drug-likeness (QED) is 0.461. The summed E-state index contributed by atoms with van der Waals surface area (Å²) >= 11 is -2.10. The van der Waals surface area contributed by atoms with Gasteiger partial charge in [-0.15, -0.1) is 0 Å². The van der Waals surface area contributed by atoms with Gasteiger partial charge in [-0.3, -0.25) is 0 Å². The van der Waals surface area contributed by atoms with Crippen LogP contribution in [-0.2, 0) is 21.2 Å². The Morgan fingerprint density at radius 1 is 1.05 bits per heavy atom. The van der Waals surface area contributed by atoms with Crippen molar-refractivity contribution in [3.63, 3.8) is 0 Å². The Balaban J connectivity index is 0.00000220. The van der Waals surface area contributed by atoms with E-state index in [0.717, 1.165) is 5.56 Å². The van der Waals surface area contributed by atoms with Crippen LogP contribution in [0.5, 0.6) is 5.75 Å². The molecular weight excluding hydrogens is 323 g/mol. The molecule has 8 heteroatoms. The van der Waals surface area contributed by atoms with E-state index in [4.69, 9.17) is 8.74 Å². The average Bonchev–Trinajstić information content (AvgIpc) is 2.39. The van der Waals surface area contributed by atoms with Gasteiger partial charge in [0.05, 0.1) is 4.90 Å². The van der Waals surface area contributed by atoms with Crippen LogP contribution in [-0.4, -0.2) is 17.2 Å². The summed E-state index contributed by atoms with van der Waals surface area (Å²) in [5, 5.41) is 0. The van der Waals surface area contributed by atoms with Crippen molar-refractivity contribution in [2.45, 2.75) is 16.7 Å². The van der Waals surface area contributed by atoms with Gasteiger partial charge in [0.25, 0.3) is 0 Å². The third-order valence-corrected chi connectivity index (χ3v) is 4.48. The zero-order valence-electron chi connectivity index (χ0n) is 12.5. The first kappa shape index (κ1) is 18.3. The third kappa shape index (κ3) is 4.91. The van der Waals surface area contributed by atoms with Gasteiger partial charge in [-0.2, -0.15) is 8.42 Å². The molecule has 108 valence electrons. The molecule has 0 heterocycles. The van der Waals surface area contributed by atoms with Crippen molar-refractivity contribution in [1.29, 1.82) is 0 Å². The van der Waals surface area contributed by atoms with Crippen LogP contribution in [0.1, 0.15) is 6.99 Å². The molecule has 0 amide bonds. The molecular formula is C13H13NaO5S2. The second kappa shape index (κ2) is 7.53. The van der Waals surface area contributed by atoms with E-state index in [1.807, 2.05) is 6.92 Å². The topological polar surface area (TPSA) is 80.7 Å². The minimum absolute atomic E-state index is 0. The number of aryl methyl sites for hydroxylation is 1. The van der Waals surface area contributed by atoms with Crippen molar-refractivity contribution in [1.82, 2.24) is 0 Å². The Morgan fingerprint density at radius 3 is 2.05 bits per heavy atom. The molecule has 0 fully saturated rings. The van der Waals surface area contributed by atoms with E-state index < -0.39 is 21.2 Å². The maximum atomic E-state index is 12.0. The van der Waals surface area contributed by atoms with Gasteiger partial charge in [0, 0.05) is 0 Å². The molecule has 1 atom stereocenters. The van der Waals surface area contributed by atoms with E-state index in [0.29, 0.717) is 0 Å². The van der Waals surface area contributed by atoms with Crippen LogP contribution in [0, 0.1) is 6.92 Å². The fourth-order valence-corrected chi connectivity index (χ4v) is 2.79. The largest absolute Gasteiger partial charge is 1.00 e. The van der Waals surface area contributed by atoms with E-state index in [9.17, 15) is 12.6 Å². The maximum Gasteiger partial charge on any atom is 1.00 e. The van der Waals surface area contributed by atoms with Crippen LogP contribution in [0.15, 0.2) is 58.3 Å². The molecule has 2 rings (SSSR count). The van der Waals surface area contributed by atoms with Crippen molar-refractivity contribution < 1.29 is 52.3 Å². The van der Waals surface area contributed by atoms with Gasteiger partial charge in [-0.1, -0.05) is 17.7 Å². The maximum absolute atomic E-state index is 12.0. The number of hydrogen-bond acceptors (Lipinski definition) is 4. The number of benzene rings is 2. The zero-order chi connectivity index (χ0) is 14.8. The third-order valence-electron chi connectivity index (χ3n) is 2.54. The Labute approximate surface area is 149 Å². The molecule has 21 heavy (non-hydrogen) atoms. The van der Waals surface area contributed by atoms with Crippen LogP contribution in [0.25, 0.3) is 0 Å². The first-order valence-electron chi connectivity index (χ1n) is 5.60. The predicted octanol–water partition coefficient (Wildman–Crippen LogP) is -0.540. The van der Waals surface area contributed by atoms with Gasteiger partial charge in [0.15, 0.2) is 11.1 Å². The summed E-state index contributed by atoms with van der Waals surface area (Å²) in [7, 11) is -3.90. The van der Waals surface area contributed by atoms with Crippen molar-refractivity contribution >= 4 is 21.2 Å². The molecule has 0 radical (unpaired) electrons. The number of rotatable bonds is 4. The molecule has 1 unspecified atom stereocenters. The van der Waals surface area contributed by atoms with E-state index >= 15 is 0 Å². The Kier molecular flexibility index (Phi) is 6.58. The van der Waals surface area contributed by atoms with Gasteiger partial charge in [0.2, 0.25) is 0 Å². The summed E-state index contributed by atoms with van der Waals surface area (Å²) in [5.74, 6) is 0.0831. The van der Waals surface area contributed by atoms with Crippen LogP contribution < -0.4 is 33.7 Å². The summed E-state index contributed by atoms with van der Waals surface area (Å²) in [6.45, 7) is 1.85. The number of hydrogen-bond donors (Lipinski definition) is 1. The standard InChI is InChI=1S/C13H12O5S2.Na.H/c1-10-2-8-13(9-3-10)20(16,17)18-11-4-6-12(7-5-11)19(14)15;;/h2-9H,1H3,(H,14,15);;/q;+1;-1. The van der Waals surface area contributed by atoms with Gasteiger partial charge in [-0.05, 0) is 43.3 Å². The molecule has 0 aromatic heterocycles. The van der Waals surface area contributed by atoms with Crippen LogP contribution in [0.3, 0.4) is 0 Å². The summed E-state index contributed by atoms with van der Waals surface area (Å²) in [5.41, 5.74) is 0.943. The molecule has 0 bridgehead atoms. The fraction of sp³-hybridized carbons (Fsp3) is 0.0769. The van der Waals surface area contributed by atoms with E-state index in [2.05, 4.69) is 0 Å². The normalized spacial score (nSPS) is 12.3. The Morgan fingerprint density at radius 2 is 1.57 bits per heavy atom. The first-order chi connectivity index (χ1) is 9.38. The molecule has 0 aliphatic heterocycles. The summed E-state index contributed by atoms with van der Waals surface area (Å²) in [6, 6.07) is 11.6. The van der Waals surface area contributed by atoms with Gasteiger partial charge in [-0.25, -0.2) is 4.21 Å². The van der Waals surface area contributed by atoms with Crippen molar-refractivity contribution in [2.75, 3.05) is 0 Å².